The van der Waals surface area contributed by atoms with Crippen molar-refractivity contribution < 1.29 is 19.0 Å². The smallest absolute Gasteiger partial charge is 0.261 e. The van der Waals surface area contributed by atoms with E-state index < -0.39 is 6.10 Å². The van der Waals surface area contributed by atoms with Crippen molar-refractivity contribution in [3.63, 3.8) is 0 Å². The lowest BCUT2D eigenvalue weighted by molar-refractivity contribution is -0.127. The molecule has 1 unspecified atom stereocenters. The van der Waals surface area contributed by atoms with Crippen LogP contribution in [0, 0.1) is 0 Å². The SMILES string of the molecule is CNCc1cc2c(cc1OC1CCCCNC1=O)OCO2. The molecule has 1 aromatic carbocycles. The minimum absolute atomic E-state index is 0.0411. The molecule has 1 saturated heterocycles. The van der Waals surface area contributed by atoms with Crippen LogP contribution in [-0.2, 0) is 11.3 Å². The normalized spacial score (nSPS) is 20.8. The van der Waals surface area contributed by atoms with Crippen LogP contribution in [0.25, 0.3) is 0 Å². The van der Waals surface area contributed by atoms with Crippen molar-refractivity contribution in [2.75, 3.05) is 20.4 Å². The summed E-state index contributed by atoms with van der Waals surface area (Å²) in [5.74, 6) is 2.02. The Morgan fingerprint density at radius 2 is 2.14 bits per heavy atom. The Morgan fingerprint density at radius 1 is 1.33 bits per heavy atom. The molecule has 2 N–H and O–H groups in total. The molecule has 2 heterocycles. The average Bonchev–Trinajstić information content (AvgIpc) is 2.83. The van der Waals surface area contributed by atoms with Gasteiger partial charge in [-0.05, 0) is 32.4 Å². The fraction of sp³-hybridized carbons (Fsp3) is 0.533. The minimum Gasteiger partial charge on any atom is -0.480 e. The van der Waals surface area contributed by atoms with Gasteiger partial charge in [0.1, 0.15) is 5.75 Å². The Labute approximate surface area is 123 Å². The summed E-state index contributed by atoms with van der Waals surface area (Å²) in [7, 11) is 1.87. The van der Waals surface area contributed by atoms with E-state index in [2.05, 4.69) is 10.6 Å². The van der Waals surface area contributed by atoms with Crippen LogP contribution in [0.15, 0.2) is 12.1 Å². The number of amides is 1. The molecular weight excluding hydrogens is 272 g/mol. The fourth-order valence-electron chi connectivity index (χ4n) is 2.58. The lowest BCUT2D eigenvalue weighted by Gasteiger charge is -2.19. The summed E-state index contributed by atoms with van der Waals surface area (Å²) in [5, 5.41) is 5.98. The first-order chi connectivity index (χ1) is 10.3. The second kappa shape index (κ2) is 6.22. The van der Waals surface area contributed by atoms with Gasteiger partial charge in [-0.1, -0.05) is 0 Å². The molecule has 0 spiro atoms. The summed E-state index contributed by atoms with van der Waals surface area (Å²) in [4.78, 5) is 12.0. The topological polar surface area (TPSA) is 68.8 Å². The monoisotopic (exact) mass is 292 g/mol. The number of fused-ring (bicyclic) bond motifs is 1. The highest BCUT2D eigenvalue weighted by molar-refractivity contribution is 5.81. The molecule has 3 rings (SSSR count). The molecule has 1 atom stereocenters. The van der Waals surface area contributed by atoms with Crippen molar-refractivity contribution in [2.45, 2.75) is 31.9 Å². The summed E-state index contributed by atoms with van der Waals surface area (Å²) >= 11 is 0. The van der Waals surface area contributed by atoms with E-state index in [0.29, 0.717) is 18.0 Å². The highest BCUT2D eigenvalue weighted by atomic mass is 16.7. The molecule has 6 heteroatoms. The van der Waals surface area contributed by atoms with Gasteiger partial charge in [0.05, 0.1) is 0 Å². The lowest BCUT2D eigenvalue weighted by Crippen LogP contribution is -2.36. The van der Waals surface area contributed by atoms with Gasteiger partial charge >= 0.3 is 0 Å². The van der Waals surface area contributed by atoms with Crippen LogP contribution in [0.2, 0.25) is 0 Å². The Hall–Kier alpha value is -1.95. The quantitative estimate of drug-likeness (QED) is 0.872. The first-order valence-electron chi connectivity index (χ1n) is 7.29. The van der Waals surface area contributed by atoms with E-state index in [1.54, 1.807) is 0 Å². The van der Waals surface area contributed by atoms with Gasteiger partial charge in [-0.2, -0.15) is 0 Å². The second-order valence-electron chi connectivity index (χ2n) is 5.24. The van der Waals surface area contributed by atoms with Crippen LogP contribution in [0.1, 0.15) is 24.8 Å². The number of carbonyl (C=O) groups is 1. The highest BCUT2D eigenvalue weighted by Gasteiger charge is 2.25. The van der Waals surface area contributed by atoms with E-state index >= 15 is 0 Å². The maximum Gasteiger partial charge on any atom is 0.261 e. The third kappa shape index (κ3) is 3.05. The molecule has 1 amide bonds. The zero-order valence-corrected chi connectivity index (χ0v) is 12.1. The van der Waals surface area contributed by atoms with E-state index in [4.69, 9.17) is 14.2 Å². The first kappa shape index (κ1) is 14.0. The average molecular weight is 292 g/mol. The lowest BCUT2D eigenvalue weighted by atomic mass is 10.1. The van der Waals surface area contributed by atoms with E-state index in [1.807, 2.05) is 19.2 Å². The largest absolute Gasteiger partial charge is 0.480 e. The summed E-state index contributed by atoms with van der Waals surface area (Å²) in [6.45, 7) is 1.59. The van der Waals surface area contributed by atoms with Crippen molar-refractivity contribution >= 4 is 5.91 Å². The number of nitrogens with one attached hydrogen (secondary N) is 2. The number of hydrogen-bond acceptors (Lipinski definition) is 5. The first-order valence-corrected chi connectivity index (χ1v) is 7.29. The van der Waals surface area contributed by atoms with Crippen LogP contribution in [-0.4, -0.2) is 32.4 Å². The Bertz CT molecular complexity index is 533. The molecule has 0 aromatic heterocycles. The number of carbonyl (C=O) groups excluding carboxylic acids is 1. The fourth-order valence-corrected chi connectivity index (χ4v) is 2.58. The molecule has 1 aromatic rings. The molecule has 0 bridgehead atoms. The zero-order chi connectivity index (χ0) is 14.7. The van der Waals surface area contributed by atoms with Gasteiger partial charge in [-0.25, -0.2) is 0 Å². The standard InChI is InChI=1S/C15H20N2O4/c1-16-8-10-6-13-14(20-9-19-13)7-12(10)21-11-4-2-3-5-17-15(11)18/h6-7,11,16H,2-5,8-9H2,1H3,(H,17,18). The maximum atomic E-state index is 12.0. The van der Waals surface area contributed by atoms with Crippen molar-refractivity contribution in [2.24, 2.45) is 0 Å². The molecule has 0 aliphatic carbocycles. The highest BCUT2D eigenvalue weighted by Crippen LogP contribution is 2.38. The maximum absolute atomic E-state index is 12.0. The van der Waals surface area contributed by atoms with Gasteiger partial charge in [0.2, 0.25) is 6.79 Å². The molecule has 2 aliphatic heterocycles. The van der Waals surface area contributed by atoms with Gasteiger partial charge in [-0.3, -0.25) is 4.79 Å². The van der Waals surface area contributed by atoms with Crippen molar-refractivity contribution in [3.8, 4) is 17.2 Å². The van der Waals surface area contributed by atoms with Gasteiger partial charge in [0.15, 0.2) is 17.6 Å². The molecule has 0 radical (unpaired) electrons. The third-order valence-corrected chi connectivity index (χ3v) is 3.68. The number of rotatable bonds is 4. The van der Waals surface area contributed by atoms with E-state index in [0.717, 1.165) is 37.1 Å². The van der Waals surface area contributed by atoms with Gasteiger partial charge in [0, 0.05) is 24.7 Å². The molecule has 6 nitrogen and oxygen atoms in total. The zero-order valence-electron chi connectivity index (χ0n) is 12.1. The van der Waals surface area contributed by atoms with Crippen molar-refractivity contribution in [1.82, 2.24) is 10.6 Å². The summed E-state index contributed by atoms with van der Waals surface area (Å²) in [6.07, 6.45) is 2.27. The van der Waals surface area contributed by atoms with Crippen LogP contribution in [0.3, 0.4) is 0 Å². The van der Waals surface area contributed by atoms with E-state index in [9.17, 15) is 4.79 Å². The third-order valence-electron chi connectivity index (χ3n) is 3.68. The number of ether oxygens (including phenoxy) is 3. The minimum atomic E-state index is -0.441. The summed E-state index contributed by atoms with van der Waals surface area (Å²) < 4.78 is 16.7. The molecule has 0 saturated carbocycles. The Balaban J connectivity index is 1.84. The van der Waals surface area contributed by atoms with Crippen LogP contribution < -0.4 is 24.8 Å². The van der Waals surface area contributed by atoms with E-state index in [1.165, 1.54) is 0 Å². The summed E-state index contributed by atoms with van der Waals surface area (Å²) in [6, 6.07) is 3.72. The van der Waals surface area contributed by atoms with Crippen LogP contribution in [0.4, 0.5) is 0 Å². The number of hydrogen-bond donors (Lipinski definition) is 2. The predicted molar refractivity (Wildman–Crippen MR) is 76.6 cm³/mol. The molecule has 21 heavy (non-hydrogen) atoms. The Kier molecular flexibility index (Phi) is 4.15. The molecule has 2 aliphatic rings. The van der Waals surface area contributed by atoms with Crippen molar-refractivity contribution in [3.05, 3.63) is 17.7 Å². The van der Waals surface area contributed by atoms with Crippen molar-refractivity contribution in [1.29, 1.82) is 0 Å². The molecule has 1 fully saturated rings. The summed E-state index contributed by atoms with van der Waals surface area (Å²) in [5.41, 5.74) is 0.957. The van der Waals surface area contributed by atoms with Crippen LogP contribution >= 0.6 is 0 Å². The predicted octanol–water partition coefficient (Wildman–Crippen LogP) is 1.18. The van der Waals surface area contributed by atoms with Gasteiger partial charge in [0.25, 0.3) is 5.91 Å². The Morgan fingerprint density at radius 3 is 2.95 bits per heavy atom. The van der Waals surface area contributed by atoms with E-state index in [-0.39, 0.29) is 12.7 Å². The van der Waals surface area contributed by atoms with Gasteiger partial charge < -0.3 is 24.8 Å². The molecular formula is C15H20N2O4. The van der Waals surface area contributed by atoms with Gasteiger partial charge in [-0.15, -0.1) is 0 Å². The number of benzene rings is 1. The second-order valence-corrected chi connectivity index (χ2v) is 5.24. The van der Waals surface area contributed by atoms with Crippen LogP contribution in [0.5, 0.6) is 17.2 Å². The molecule has 114 valence electrons.